The molecule has 7 nitrogen and oxygen atoms in total. The summed E-state index contributed by atoms with van der Waals surface area (Å²) in [5.41, 5.74) is 3.32. The minimum Gasteiger partial charge on any atom is -0.493 e. The van der Waals surface area contributed by atoms with Crippen LogP contribution in [-0.2, 0) is 16.1 Å². The number of amides is 3. The maximum Gasteiger partial charge on any atom is 0.293 e. The molecule has 1 fully saturated rings. The lowest BCUT2D eigenvalue weighted by Gasteiger charge is -2.15. The number of anilines is 1. The van der Waals surface area contributed by atoms with E-state index in [-0.39, 0.29) is 36.1 Å². The van der Waals surface area contributed by atoms with Crippen molar-refractivity contribution in [1.82, 2.24) is 4.90 Å². The van der Waals surface area contributed by atoms with Gasteiger partial charge in [0, 0.05) is 10.2 Å². The summed E-state index contributed by atoms with van der Waals surface area (Å²) in [4.78, 5) is 39.5. The predicted molar refractivity (Wildman–Crippen MR) is 153 cm³/mol. The Balaban J connectivity index is 1.42. The minimum absolute atomic E-state index is 0.196. The first-order valence-electron chi connectivity index (χ1n) is 11.9. The van der Waals surface area contributed by atoms with Gasteiger partial charge < -0.3 is 14.8 Å². The lowest BCUT2D eigenvalue weighted by Crippen LogP contribution is -2.27. The third-order valence-corrected chi connectivity index (χ3v) is 7.21. The molecule has 0 unspecified atom stereocenters. The van der Waals surface area contributed by atoms with Crippen molar-refractivity contribution in [3.63, 3.8) is 0 Å². The van der Waals surface area contributed by atoms with Crippen LogP contribution in [0.4, 0.5) is 10.5 Å². The number of carbonyl (C=O) groups is 3. The summed E-state index contributed by atoms with van der Waals surface area (Å²) < 4.78 is 12.1. The Morgan fingerprint density at radius 1 is 1.05 bits per heavy atom. The van der Waals surface area contributed by atoms with Gasteiger partial charge in [0.25, 0.3) is 17.1 Å². The highest BCUT2D eigenvalue weighted by Gasteiger charge is 2.35. The molecular weight excluding hydrogens is 568 g/mol. The van der Waals surface area contributed by atoms with Crippen molar-refractivity contribution in [1.29, 1.82) is 0 Å². The van der Waals surface area contributed by atoms with Crippen molar-refractivity contribution in [2.45, 2.75) is 26.3 Å². The number of carbonyl (C=O) groups excluding carboxylic acids is 3. The van der Waals surface area contributed by atoms with E-state index in [2.05, 4.69) is 35.1 Å². The quantitative estimate of drug-likeness (QED) is 0.273. The van der Waals surface area contributed by atoms with Crippen molar-refractivity contribution in [2.24, 2.45) is 0 Å². The third kappa shape index (κ3) is 6.65. The van der Waals surface area contributed by atoms with E-state index in [1.54, 1.807) is 24.3 Å². The highest BCUT2D eigenvalue weighted by Crippen LogP contribution is 2.35. The molecule has 3 amide bonds. The minimum atomic E-state index is -0.349. The summed E-state index contributed by atoms with van der Waals surface area (Å²) in [5, 5.41) is 2.58. The molecule has 3 aromatic rings. The zero-order valence-corrected chi connectivity index (χ0v) is 23.6. The highest BCUT2D eigenvalue weighted by atomic mass is 79.9. The number of para-hydroxylation sites is 1. The topological polar surface area (TPSA) is 84.9 Å². The van der Waals surface area contributed by atoms with Crippen molar-refractivity contribution in [3.05, 3.63) is 92.8 Å². The van der Waals surface area contributed by atoms with Crippen LogP contribution in [0.2, 0.25) is 0 Å². The van der Waals surface area contributed by atoms with E-state index in [1.807, 2.05) is 48.5 Å². The van der Waals surface area contributed by atoms with Crippen LogP contribution >= 0.6 is 27.7 Å². The van der Waals surface area contributed by atoms with E-state index in [0.29, 0.717) is 22.0 Å². The summed E-state index contributed by atoms with van der Waals surface area (Å²) in [6.07, 6.45) is 1.65. The number of benzene rings is 3. The number of ether oxygens (including phenoxy) is 2. The third-order valence-electron chi connectivity index (χ3n) is 5.80. The van der Waals surface area contributed by atoms with Crippen molar-refractivity contribution < 1.29 is 23.9 Å². The van der Waals surface area contributed by atoms with E-state index in [9.17, 15) is 14.4 Å². The maximum atomic E-state index is 12.9. The van der Waals surface area contributed by atoms with Crippen LogP contribution in [0.15, 0.2) is 76.1 Å². The van der Waals surface area contributed by atoms with Gasteiger partial charge >= 0.3 is 0 Å². The van der Waals surface area contributed by atoms with E-state index in [1.165, 1.54) is 12.0 Å². The van der Waals surface area contributed by atoms with E-state index in [4.69, 9.17) is 9.47 Å². The van der Waals surface area contributed by atoms with Gasteiger partial charge in [0.05, 0.1) is 18.6 Å². The molecule has 4 rings (SSSR count). The molecule has 0 atom stereocenters. The molecule has 0 aliphatic carbocycles. The van der Waals surface area contributed by atoms with Crippen LogP contribution < -0.4 is 14.8 Å². The molecule has 0 spiro atoms. The zero-order chi connectivity index (χ0) is 27.2. The summed E-state index contributed by atoms with van der Waals surface area (Å²) in [5.74, 6) is 0.421. The van der Waals surface area contributed by atoms with Gasteiger partial charge in [0.1, 0.15) is 0 Å². The molecular formula is C29H27BrN2O5S. The first-order chi connectivity index (χ1) is 18.2. The zero-order valence-electron chi connectivity index (χ0n) is 21.2. The van der Waals surface area contributed by atoms with Gasteiger partial charge in [-0.1, -0.05) is 66.2 Å². The molecule has 196 valence electrons. The van der Waals surface area contributed by atoms with Gasteiger partial charge in [-0.05, 0) is 70.8 Å². The molecule has 1 saturated heterocycles. The number of nitrogens with one attached hydrogen (secondary N) is 1. The molecule has 1 N–H and O–H groups in total. The normalized spacial score (nSPS) is 14.3. The fourth-order valence-corrected chi connectivity index (χ4v) is 5.23. The van der Waals surface area contributed by atoms with Crippen LogP contribution in [0.5, 0.6) is 11.5 Å². The number of nitrogens with zero attached hydrogens (tertiary/aromatic N) is 1. The monoisotopic (exact) mass is 594 g/mol. The smallest absolute Gasteiger partial charge is 0.293 e. The number of imide groups is 1. The van der Waals surface area contributed by atoms with Crippen LogP contribution in [0.3, 0.4) is 0 Å². The SMILES string of the molecule is COc1cc(/C=C2\SC(=O)N(Cc3cccc(Br)c3)C2=O)ccc1OCC(=O)Nc1ccccc1C(C)C. The molecule has 0 radical (unpaired) electrons. The average molecular weight is 596 g/mol. The summed E-state index contributed by atoms with van der Waals surface area (Å²) in [6, 6.07) is 20.3. The van der Waals surface area contributed by atoms with Crippen LogP contribution in [-0.4, -0.2) is 35.7 Å². The fourth-order valence-electron chi connectivity index (χ4n) is 3.94. The van der Waals surface area contributed by atoms with E-state index < -0.39 is 0 Å². The molecule has 3 aromatic carbocycles. The number of hydrogen-bond donors (Lipinski definition) is 1. The molecule has 1 aliphatic heterocycles. The van der Waals surface area contributed by atoms with Crippen LogP contribution in [0.1, 0.15) is 36.5 Å². The first kappa shape index (κ1) is 27.5. The Kier molecular flexibility index (Phi) is 8.91. The molecule has 0 saturated carbocycles. The number of rotatable bonds is 9. The van der Waals surface area contributed by atoms with E-state index >= 15 is 0 Å². The Labute approximate surface area is 234 Å². The Hall–Kier alpha value is -3.56. The predicted octanol–water partition coefficient (Wildman–Crippen LogP) is 6.84. The number of thioether (sulfide) groups is 1. The van der Waals surface area contributed by atoms with E-state index in [0.717, 1.165) is 33.0 Å². The summed E-state index contributed by atoms with van der Waals surface area (Å²) in [7, 11) is 1.50. The largest absolute Gasteiger partial charge is 0.493 e. The fraction of sp³-hybridized carbons (Fsp3) is 0.207. The van der Waals surface area contributed by atoms with Gasteiger partial charge in [-0.15, -0.1) is 0 Å². The van der Waals surface area contributed by atoms with Crippen molar-refractivity contribution in [2.75, 3.05) is 19.0 Å². The number of halogens is 1. The molecule has 38 heavy (non-hydrogen) atoms. The molecule has 0 bridgehead atoms. The lowest BCUT2D eigenvalue weighted by atomic mass is 10.0. The first-order valence-corrected chi connectivity index (χ1v) is 13.6. The lowest BCUT2D eigenvalue weighted by molar-refractivity contribution is -0.123. The van der Waals surface area contributed by atoms with Crippen molar-refractivity contribution in [3.8, 4) is 11.5 Å². The Morgan fingerprint density at radius 2 is 1.84 bits per heavy atom. The summed E-state index contributed by atoms with van der Waals surface area (Å²) in [6.45, 7) is 4.13. The maximum absolute atomic E-state index is 12.9. The standard InChI is InChI=1S/C29H27BrN2O5S/c1-18(2)22-9-4-5-10-23(22)31-27(33)17-37-24-12-11-19(14-25(24)36-3)15-26-28(34)32(29(35)38-26)16-20-7-6-8-21(30)13-20/h4-15,18H,16-17H2,1-3H3,(H,31,33)/b26-15-. The summed E-state index contributed by atoms with van der Waals surface area (Å²) >= 11 is 4.31. The second-order valence-corrected chi connectivity index (χ2v) is 10.8. The van der Waals surface area contributed by atoms with Gasteiger partial charge in [-0.25, -0.2) is 0 Å². The second-order valence-electron chi connectivity index (χ2n) is 8.89. The second kappa shape index (κ2) is 12.3. The molecule has 0 aromatic heterocycles. The van der Waals surface area contributed by atoms with Crippen LogP contribution in [0.25, 0.3) is 6.08 Å². The Bertz CT molecular complexity index is 1410. The molecule has 1 heterocycles. The Morgan fingerprint density at radius 3 is 2.58 bits per heavy atom. The van der Waals surface area contributed by atoms with Gasteiger partial charge in [0.15, 0.2) is 18.1 Å². The van der Waals surface area contributed by atoms with Gasteiger partial charge in [-0.2, -0.15) is 0 Å². The van der Waals surface area contributed by atoms with Gasteiger partial charge in [-0.3, -0.25) is 19.3 Å². The molecule has 9 heteroatoms. The van der Waals surface area contributed by atoms with Gasteiger partial charge in [0.2, 0.25) is 0 Å². The van der Waals surface area contributed by atoms with Crippen molar-refractivity contribution >= 4 is 56.5 Å². The van der Waals surface area contributed by atoms with Crippen LogP contribution in [0, 0.1) is 0 Å². The average Bonchev–Trinajstić information content (AvgIpc) is 3.15. The highest BCUT2D eigenvalue weighted by molar-refractivity contribution is 9.10. The molecule has 1 aliphatic rings. The number of hydrogen-bond acceptors (Lipinski definition) is 6. The number of methoxy groups -OCH3 is 1.